The Bertz CT molecular complexity index is 314. The van der Waals surface area contributed by atoms with Crippen LogP contribution in [0.3, 0.4) is 0 Å². The molecule has 0 amide bonds. The molecule has 0 aliphatic heterocycles. The van der Waals surface area contributed by atoms with Gasteiger partial charge in [-0.2, -0.15) is 0 Å². The first-order chi connectivity index (χ1) is 7.19. The zero-order valence-corrected chi connectivity index (χ0v) is 9.36. The molecule has 0 saturated carbocycles. The quantitative estimate of drug-likeness (QED) is 0.798. The molecule has 0 fully saturated rings. The number of carboxylic acid groups (broad SMARTS) is 1. The van der Waals surface area contributed by atoms with Gasteiger partial charge in [0.1, 0.15) is 0 Å². The molecule has 1 atom stereocenters. The molecule has 0 bridgehead atoms. The highest BCUT2D eigenvalue weighted by Crippen LogP contribution is 2.24. The van der Waals surface area contributed by atoms with Gasteiger partial charge in [0, 0.05) is 0 Å². The smallest absolute Gasteiger partial charge is 0.335 e. The van der Waals surface area contributed by atoms with E-state index in [0.717, 1.165) is 6.42 Å². The Labute approximate surface area is 90.9 Å². The topological polar surface area (TPSA) is 37.3 Å². The van der Waals surface area contributed by atoms with Gasteiger partial charge in [0.05, 0.1) is 5.56 Å². The van der Waals surface area contributed by atoms with Crippen LogP contribution in [0, 0.1) is 0 Å². The number of carbonyl (C=O) groups is 1. The number of hydrogen-bond acceptors (Lipinski definition) is 1. The van der Waals surface area contributed by atoms with Gasteiger partial charge in [-0.05, 0) is 36.5 Å². The molecule has 82 valence electrons. The summed E-state index contributed by atoms with van der Waals surface area (Å²) in [7, 11) is 0. The van der Waals surface area contributed by atoms with Gasteiger partial charge in [0.25, 0.3) is 0 Å². The van der Waals surface area contributed by atoms with Crippen LogP contribution >= 0.6 is 0 Å². The minimum atomic E-state index is -0.856. The highest BCUT2D eigenvalue weighted by molar-refractivity contribution is 5.87. The normalized spacial score (nSPS) is 12.4. The second-order valence-electron chi connectivity index (χ2n) is 3.82. The average Bonchev–Trinajstić information content (AvgIpc) is 2.26. The van der Waals surface area contributed by atoms with Crippen molar-refractivity contribution in [3.8, 4) is 0 Å². The second kappa shape index (κ2) is 5.54. The number of rotatable bonds is 5. The molecule has 0 radical (unpaired) electrons. The number of carboxylic acids is 1. The van der Waals surface area contributed by atoms with Crippen LogP contribution in [-0.2, 0) is 0 Å². The van der Waals surface area contributed by atoms with Crippen molar-refractivity contribution in [3.63, 3.8) is 0 Å². The molecule has 1 rings (SSSR count). The summed E-state index contributed by atoms with van der Waals surface area (Å²) in [5.41, 5.74) is 1.62. The number of aromatic carboxylic acids is 1. The first-order valence-electron chi connectivity index (χ1n) is 5.52. The lowest BCUT2D eigenvalue weighted by molar-refractivity contribution is 0.0697. The summed E-state index contributed by atoms with van der Waals surface area (Å²) in [5, 5.41) is 8.77. The van der Waals surface area contributed by atoms with Crippen molar-refractivity contribution in [2.24, 2.45) is 0 Å². The SMILES string of the molecule is CCCC(CC)c1ccc(C(=O)O)cc1. The molecule has 0 heterocycles. The van der Waals surface area contributed by atoms with E-state index in [1.165, 1.54) is 18.4 Å². The van der Waals surface area contributed by atoms with Gasteiger partial charge in [-0.1, -0.05) is 32.4 Å². The largest absolute Gasteiger partial charge is 0.478 e. The molecule has 0 aliphatic carbocycles. The lowest BCUT2D eigenvalue weighted by Gasteiger charge is -2.14. The van der Waals surface area contributed by atoms with E-state index in [-0.39, 0.29) is 0 Å². The summed E-state index contributed by atoms with van der Waals surface area (Å²) in [6.45, 7) is 4.35. The van der Waals surface area contributed by atoms with Crippen molar-refractivity contribution in [1.29, 1.82) is 0 Å². The zero-order chi connectivity index (χ0) is 11.3. The summed E-state index contributed by atoms with van der Waals surface area (Å²) >= 11 is 0. The molecular formula is C13H18O2. The van der Waals surface area contributed by atoms with Crippen molar-refractivity contribution in [3.05, 3.63) is 35.4 Å². The molecule has 0 saturated heterocycles. The first kappa shape index (κ1) is 11.8. The maximum atomic E-state index is 10.7. The second-order valence-corrected chi connectivity index (χ2v) is 3.82. The van der Waals surface area contributed by atoms with Crippen LogP contribution in [0.25, 0.3) is 0 Å². The van der Waals surface area contributed by atoms with Crippen LogP contribution in [0.5, 0.6) is 0 Å². The van der Waals surface area contributed by atoms with E-state index >= 15 is 0 Å². The van der Waals surface area contributed by atoms with Crippen molar-refractivity contribution in [2.45, 2.75) is 39.0 Å². The maximum absolute atomic E-state index is 10.7. The van der Waals surface area contributed by atoms with E-state index in [1.54, 1.807) is 12.1 Å². The number of hydrogen-bond donors (Lipinski definition) is 1. The van der Waals surface area contributed by atoms with E-state index in [2.05, 4.69) is 13.8 Å². The van der Waals surface area contributed by atoms with Gasteiger partial charge < -0.3 is 5.11 Å². The zero-order valence-electron chi connectivity index (χ0n) is 9.36. The Hall–Kier alpha value is -1.31. The van der Waals surface area contributed by atoms with E-state index in [0.29, 0.717) is 11.5 Å². The van der Waals surface area contributed by atoms with Crippen LogP contribution in [0.1, 0.15) is 54.9 Å². The monoisotopic (exact) mass is 206 g/mol. The Balaban J connectivity index is 2.81. The standard InChI is InChI=1S/C13H18O2/c1-3-5-10(4-2)11-6-8-12(9-7-11)13(14)15/h6-10H,3-5H2,1-2H3,(H,14,15). The molecule has 2 heteroatoms. The molecule has 2 nitrogen and oxygen atoms in total. The number of benzene rings is 1. The maximum Gasteiger partial charge on any atom is 0.335 e. The lowest BCUT2D eigenvalue weighted by Crippen LogP contribution is -1.99. The fourth-order valence-electron chi connectivity index (χ4n) is 1.85. The summed E-state index contributed by atoms with van der Waals surface area (Å²) in [4.78, 5) is 10.7. The minimum absolute atomic E-state index is 0.366. The van der Waals surface area contributed by atoms with E-state index in [4.69, 9.17) is 5.11 Å². The Morgan fingerprint density at radius 3 is 2.27 bits per heavy atom. The molecule has 0 aliphatic rings. The molecule has 1 N–H and O–H groups in total. The van der Waals surface area contributed by atoms with Crippen molar-refractivity contribution in [1.82, 2.24) is 0 Å². The first-order valence-corrected chi connectivity index (χ1v) is 5.52. The van der Waals surface area contributed by atoms with Crippen LogP contribution < -0.4 is 0 Å². The molecular weight excluding hydrogens is 188 g/mol. The fraction of sp³-hybridized carbons (Fsp3) is 0.462. The predicted molar refractivity (Wildman–Crippen MR) is 61.3 cm³/mol. The summed E-state index contributed by atoms with van der Waals surface area (Å²) < 4.78 is 0. The average molecular weight is 206 g/mol. The molecule has 1 aromatic carbocycles. The van der Waals surface area contributed by atoms with Crippen LogP contribution in [0.4, 0.5) is 0 Å². The molecule has 1 aromatic rings. The third-order valence-electron chi connectivity index (χ3n) is 2.76. The van der Waals surface area contributed by atoms with E-state index in [9.17, 15) is 4.79 Å². The van der Waals surface area contributed by atoms with Gasteiger partial charge in [-0.3, -0.25) is 0 Å². The summed E-state index contributed by atoms with van der Waals surface area (Å²) in [6, 6.07) is 7.26. The van der Waals surface area contributed by atoms with Crippen LogP contribution in [0.15, 0.2) is 24.3 Å². The lowest BCUT2D eigenvalue weighted by atomic mass is 9.91. The van der Waals surface area contributed by atoms with E-state index in [1.807, 2.05) is 12.1 Å². The Morgan fingerprint density at radius 1 is 1.27 bits per heavy atom. The molecule has 15 heavy (non-hydrogen) atoms. The molecule has 1 unspecified atom stereocenters. The van der Waals surface area contributed by atoms with Crippen LogP contribution in [-0.4, -0.2) is 11.1 Å². The fourth-order valence-corrected chi connectivity index (χ4v) is 1.85. The van der Waals surface area contributed by atoms with Gasteiger partial charge in [0.2, 0.25) is 0 Å². The Morgan fingerprint density at radius 2 is 1.87 bits per heavy atom. The Kier molecular flexibility index (Phi) is 4.35. The third-order valence-corrected chi connectivity index (χ3v) is 2.76. The molecule has 0 spiro atoms. The van der Waals surface area contributed by atoms with Crippen molar-refractivity contribution in [2.75, 3.05) is 0 Å². The van der Waals surface area contributed by atoms with Gasteiger partial charge in [-0.25, -0.2) is 4.79 Å². The third kappa shape index (κ3) is 3.08. The predicted octanol–water partition coefficient (Wildman–Crippen LogP) is 3.68. The van der Waals surface area contributed by atoms with Gasteiger partial charge in [-0.15, -0.1) is 0 Å². The van der Waals surface area contributed by atoms with Crippen molar-refractivity contribution >= 4 is 5.97 Å². The van der Waals surface area contributed by atoms with Gasteiger partial charge in [0.15, 0.2) is 0 Å². The highest BCUT2D eigenvalue weighted by atomic mass is 16.4. The minimum Gasteiger partial charge on any atom is -0.478 e. The van der Waals surface area contributed by atoms with E-state index < -0.39 is 5.97 Å². The van der Waals surface area contributed by atoms with Crippen LogP contribution in [0.2, 0.25) is 0 Å². The summed E-state index contributed by atoms with van der Waals surface area (Å²) in [5.74, 6) is -0.289. The molecule has 0 aromatic heterocycles. The van der Waals surface area contributed by atoms with Crippen molar-refractivity contribution < 1.29 is 9.90 Å². The summed E-state index contributed by atoms with van der Waals surface area (Å²) in [6.07, 6.45) is 3.45. The highest BCUT2D eigenvalue weighted by Gasteiger charge is 2.09. The van der Waals surface area contributed by atoms with Gasteiger partial charge >= 0.3 is 5.97 Å².